The molecule has 0 aromatic heterocycles. The second-order valence-corrected chi connectivity index (χ2v) is 4.44. The van der Waals surface area contributed by atoms with E-state index in [1.807, 2.05) is 6.07 Å². The van der Waals surface area contributed by atoms with Gasteiger partial charge in [-0.1, -0.05) is 18.2 Å². The van der Waals surface area contributed by atoms with Crippen molar-refractivity contribution >= 4 is 23.0 Å². The first-order valence-corrected chi connectivity index (χ1v) is 6.27. The molecule has 0 bridgehead atoms. The third-order valence-electron chi connectivity index (χ3n) is 3.13. The summed E-state index contributed by atoms with van der Waals surface area (Å²) in [6.07, 6.45) is 0. The topological polar surface area (TPSA) is 92.5 Å². The number of nitrogens with one attached hydrogen (secondary N) is 1. The number of amides is 1. The van der Waals surface area contributed by atoms with Crippen molar-refractivity contribution in [3.8, 4) is 5.75 Å². The van der Waals surface area contributed by atoms with Crippen molar-refractivity contribution in [1.82, 2.24) is 0 Å². The lowest BCUT2D eigenvalue weighted by molar-refractivity contribution is 0.102. The van der Waals surface area contributed by atoms with Crippen molar-refractivity contribution in [2.75, 3.05) is 18.2 Å². The van der Waals surface area contributed by atoms with Crippen LogP contribution in [0, 0.1) is 12.3 Å². The van der Waals surface area contributed by atoms with E-state index in [2.05, 4.69) is 10.3 Å². The van der Waals surface area contributed by atoms with Gasteiger partial charge in [0.15, 0.2) is 4.98 Å². The molecule has 0 heterocycles. The number of carbonyl (C=O) groups is 1. The van der Waals surface area contributed by atoms with Gasteiger partial charge in [0.05, 0.1) is 18.4 Å². The van der Waals surface area contributed by atoms with Gasteiger partial charge in [-0.05, 0) is 19.1 Å². The second kappa shape index (κ2) is 5.92. The van der Waals surface area contributed by atoms with Crippen LogP contribution in [0.2, 0.25) is 0 Å². The highest BCUT2D eigenvalue weighted by molar-refractivity contribution is 6.06. The van der Waals surface area contributed by atoms with Gasteiger partial charge < -0.3 is 15.8 Å². The van der Waals surface area contributed by atoms with Gasteiger partial charge >= 0.3 is 5.69 Å². The molecule has 0 spiro atoms. The molecule has 2 rings (SSSR count). The zero-order valence-electron chi connectivity index (χ0n) is 11.8. The van der Waals surface area contributed by atoms with Gasteiger partial charge in [0.25, 0.3) is 5.91 Å². The van der Waals surface area contributed by atoms with Gasteiger partial charge in [-0.25, -0.2) is 0 Å². The SMILES string of the molecule is COc1cc(N)c([N+]#N)c(C)c1NC(=O)c1ccccc1. The minimum atomic E-state index is -0.286. The average Bonchev–Trinajstić information content (AvgIpc) is 2.51. The highest BCUT2D eigenvalue weighted by Gasteiger charge is 2.24. The lowest BCUT2D eigenvalue weighted by atomic mass is 10.1. The summed E-state index contributed by atoms with van der Waals surface area (Å²) < 4.78 is 5.23. The maximum absolute atomic E-state index is 12.2. The van der Waals surface area contributed by atoms with E-state index in [1.165, 1.54) is 13.2 Å². The number of nitrogens with two attached hydrogens (primary N) is 1. The van der Waals surface area contributed by atoms with Crippen molar-refractivity contribution in [2.24, 2.45) is 0 Å². The monoisotopic (exact) mass is 283 g/mol. The molecule has 2 aromatic rings. The Hall–Kier alpha value is -3.07. The van der Waals surface area contributed by atoms with Gasteiger partial charge in [-0.15, -0.1) is 0 Å². The number of anilines is 2. The molecular formula is C15H15N4O2+. The van der Waals surface area contributed by atoms with E-state index in [0.29, 0.717) is 22.6 Å². The standard InChI is InChI=1S/C15H14N4O2/c1-9-13(19-17)11(16)8-12(21-2)14(9)18-15(20)10-6-4-3-5-7-10/h3-8,16-17H,1-2H3/p+1. The number of rotatable bonds is 3. The van der Waals surface area contributed by atoms with Crippen LogP contribution in [0.5, 0.6) is 5.75 Å². The van der Waals surface area contributed by atoms with E-state index in [-0.39, 0.29) is 17.3 Å². The molecule has 0 aliphatic heterocycles. The van der Waals surface area contributed by atoms with Crippen molar-refractivity contribution in [1.29, 1.82) is 5.39 Å². The zero-order valence-corrected chi connectivity index (χ0v) is 11.8. The molecule has 0 aliphatic rings. The van der Waals surface area contributed by atoms with Crippen molar-refractivity contribution in [3.63, 3.8) is 0 Å². The van der Waals surface area contributed by atoms with Crippen molar-refractivity contribution < 1.29 is 9.53 Å². The van der Waals surface area contributed by atoms with E-state index in [0.717, 1.165) is 0 Å². The maximum atomic E-state index is 12.2. The molecule has 21 heavy (non-hydrogen) atoms. The normalized spacial score (nSPS) is 9.76. The lowest BCUT2D eigenvalue weighted by Crippen LogP contribution is -2.13. The number of nitrogen functional groups attached to an aromatic ring is 1. The van der Waals surface area contributed by atoms with Gasteiger partial charge in [-0.2, -0.15) is 0 Å². The Morgan fingerprint density at radius 1 is 1.33 bits per heavy atom. The summed E-state index contributed by atoms with van der Waals surface area (Å²) in [6.45, 7) is 1.69. The van der Waals surface area contributed by atoms with Crippen LogP contribution in [0.3, 0.4) is 0 Å². The molecule has 0 unspecified atom stereocenters. The molecule has 106 valence electrons. The number of hydrogen-bond acceptors (Lipinski definition) is 4. The average molecular weight is 283 g/mol. The number of methoxy groups -OCH3 is 1. The van der Waals surface area contributed by atoms with Crippen LogP contribution < -0.4 is 15.8 Å². The molecule has 0 atom stereocenters. The summed E-state index contributed by atoms with van der Waals surface area (Å²) in [6, 6.07) is 10.3. The third kappa shape index (κ3) is 2.77. The van der Waals surface area contributed by atoms with E-state index in [9.17, 15) is 4.79 Å². The fraction of sp³-hybridized carbons (Fsp3) is 0.133. The minimum absolute atomic E-state index is 0.208. The van der Waals surface area contributed by atoms with Crippen LogP contribution in [-0.4, -0.2) is 13.0 Å². The van der Waals surface area contributed by atoms with Crippen LogP contribution in [0.25, 0.3) is 4.98 Å². The van der Waals surface area contributed by atoms with Crippen LogP contribution in [0.1, 0.15) is 15.9 Å². The van der Waals surface area contributed by atoms with E-state index >= 15 is 0 Å². The summed E-state index contributed by atoms with van der Waals surface area (Å²) in [4.78, 5) is 15.4. The summed E-state index contributed by atoms with van der Waals surface area (Å²) in [5.74, 6) is 0.118. The smallest absolute Gasteiger partial charge is 0.412 e. The summed E-state index contributed by atoms with van der Waals surface area (Å²) in [5, 5.41) is 11.8. The van der Waals surface area contributed by atoms with Crippen LogP contribution in [0.4, 0.5) is 17.1 Å². The number of hydrogen-bond donors (Lipinski definition) is 2. The Morgan fingerprint density at radius 3 is 2.57 bits per heavy atom. The Balaban J connectivity index is 2.45. The molecule has 2 aromatic carbocycles. The molecule has 0 radical (unpaired) electrons. The highest BCUT2D eigenvalue weighted by Crippen LogP contribution is 2.39. The number of carbonyl (C=O) groups excluding carboxylic acids is 1. The van der Waals surface area contributed by atoms with Gasteiger partial charge in [0, 0.05) is 11.6 Å². The Labute approximate surface area is 122 Å². The molecule has 6 nitrogen and oxygen atoms in total. The molecule has 0 saturated heterocycles. The fourth-order valence-corrected chi connectivity index (χ4v) is 2.03. The first-order chi connectivity index (χ1) is 10.1. The van der Waals surface area contributed by atoms with Crippen LogP contribution in [-0.2, 0) is 0 Å². The van der Waals surface area contributed by atoms with E-state index in [1.54, 1.807) is 31.2 Å². The second-order valence-electron chi connectivity index (χ2n) is 4.44. The first kappa shape index (κ1) is 14.3. The molecular weight excluding hydrogens is 268 g/mol. The predicted molar refractivity (Wildman–Crippen MR) is 81.3 cm³/mol. The van der Waals surface area contributed by atoms with Crippen LogP contribution in [0.15, 0.2) is 36.4 Å². The lowest BCUT2D eigenvalue weighted by Gasteiger charge is -2.12. The zero-order chi connectivity index (χ0) is 15.4. The Kier molecular flexibility index (Phi) is 4.05. The molecule has 0 fully saturated rings. The molecule has 1 amide bonds. The predicted octanol–water partition coefficient (Wildman–Crippen LogP) is 3.32. The summed E-state index contributed by atoms with van der Waals surface area (Å²) in [7, 11) is 1.47. The number of ether oxygens (including phenoxy) is 1. The quantitative estimate of drug-likeness (QED) is 0.667. The minimum Gasteiger partial charge on any atom is -0.494 e. The van der Waals surface area contributed by atoms with Crippen molar-refractivity contribution in [3.05, 3.63) is 52.5 Å². The Morgan fingerprint density at radius 2 is 2.00 bits per heavy atom. The molecule has 3 N–H and O–H groups in total. The van der Waals surface area contributed by atoms with E-state index in [4.69, 9.17) is 15.9 Å². The van der Waals surface area contributed by atoms with Crippen LogP contribution >= 0.6 is 0 Å². The maximum Gasteiger partial charge on any atom is 0.412 e. The number of nitrogens with zero attached hydrogens (tertiary/aromatic N) is 2. The highest BCUT2D eigenvalue weighted by atomic mass is 16.5. The first-order valence-electron chi connectivity index (χ1n) is 6.27. The number of benzene rings is 2. The summed E-state index contributed by atoms with van der Waals surface area (Å²) in [5.41, 5.74) is 7.71. The third-order valence-corrected chi connectivity index (χ3v) is 3.13. The van der Waals surface area contributed by atoms with Gasteiger partial charge in [0.1, 0.15) is 11.4 Å². The van der Waals surface area contributed by atoms with E-state index < -0.39 is 0 Å². The molecule has 6 heteroatoms. The fourth-order valence-electron chi connectivity index (χ4n) is 2.03. The number of diazo groups is 1. The van der Waals surface area contributed by atoms with Gasteiger partial charge in [-0.3, -0.25) is 4.79 Å². The van der Waals surface area contributed by atoms with Crippen molar-refractivity contribution in [2.45, 2.75) is 6.92 Å². The molecule has 0 saturated carbocycles. The largest absolute Gasteiger partial charge is 0.494 e. The summed E-state index contributed by atoms with van der Waals surface area (Å²) >= 11 is 0. The Bertz CT molecular complexity index is 721. The van der Waals surface area contributed by atoms with Gasteiger partial charge in [0.2, 0.25) is 5.39 Å². The molecule has 0 aliphatic carbocycles.